The number of rotatable bonds is 10. The van der Waals surface area contributed by atoms with Crippen LogP contribution in [-0.4, -0.2) is 31.0 Å². The number of aliphatic imine (C=N–C) groups is 1. The molecule has 0 aromatic heterocycles. The molecule has 0 spiro atoms. The van der Waals surface area contributed by atoms with E-state index in [0.717, 1.165) is 47.4 Å². The van der Waals surface area contributed by atoms with Crippen LogP contribution < -0.4 is 0 Å². The van der Waals surface area contributed by atoms with Crippen LogP contribution in [0, 0.1) is 17.2 Å². The number of nitrogens with zero attached hydrogens (tertiary/aromatic N) is 1. The maximum atomic E-state index is 13.6. The summed E-state index contributed by atoms with van der Waals surface area (Å²) in [6.45, 7) is 12.5. The molecule has 2 heterocycles. The summed E-state index contributed by atoms with van der Waals surface area (Å²) in [5, 5.41) is 0. The number of hydrogen-bond donors (Lipinski definition) is 0. The van der Waals surface area contributed by atoms with Gasteiger partial charge in [0, 0.05) is 17.9 Å². The third-order valence-corrected chi connectivity index (χ3v) is 6.47. The third-order valence-electron chi connectivity index (χ3n) is 6.47. The summed E-state index contributed by atoms with van der Waals surface area (Å²) >= 11 is 0. The van der Waals surface area contributed by atoms with E-state index in [4.69, 9.17) is 14.5 Å². The molecule has 0 amide bonds. The Hall–Kier alpha value is -2.63. The Morgan fingerprint density at radius 3 is 2.50 bits per heavy atom. The lowest BCUT2D eigenvalue weighted by Crippen LogP contribution is -2.48. The number of Topliss-reactive ketones (excluding diaryl/α,β-unsaturated/α-hetero) is 1. The van der Waals surface area contributed by atoms with Gasteiger partial charge in [0.25, 0.3) is 0 Å². The largest absolute Gasteiger partial charge is 0.346 e. The lowest BCUT2D eigenvalue weighted by atomic mass is 9.83. The first kappa shape index (κ1) is 26.0. The van der Waals surface area contributed by atoms with Crippen LogP contribution >= 0.6 is 0 Å². The number of carbonyl (C=O) groups is 1. The molecule has 1 saturated heterocycles. The number of hydrogen-bond acceptors (Lipinski definition) is 4. The van der Waals surface area contributed by atoms with Crippen molar-refractivity contribution < 1.29 is 18.7 Å². The standard InChI is InChI=1S/C29H36FNO3/c1-6-9-10-13-24(32)29(5)18-33-28(34-19-29)26-20(4)25(21(11-7-2)12-8-3)27(31-26)22-14-16-23(30)17-15-22/h7-8,11-12,14-17,20,28H,2,6,9-10,13,18-19H2,1,3-5H3/b12-8-,21-11+. The van der Waals surface area contributed by atoms with Gasteiger partial charge in [-0.3, -0.25) is 9.79 Å². The van der Waals surface area contributed by atoms with Crippen LogP contribution in [0.1, 0.15) is 58.9 Å². The number of benzene rings is 1. The molecule has 1 aromatic carbocycles. The first-order chi connectivity index (χ1) is 16.3. The Balaban J connectivity index is 1.86. The van der Waals surface area contributed by atoms with Crippen molar-refractivity contribution in [2.75, 3.05) is 13.2 Å². The minimum Gasteiger partial charge on any atom is -0.346 e. The highest BCUT2D eigenvalue weighted by Gasteiger charge is 2.42. The van der Waals surface area contributed by atoms with Gasteiger partial charge in [-0.05, 0) is 55.7 Å². The topological polar surface area (TPSA) is 47.9 Å². The number of allylic oxidation sites excluding steroid dienone is 6. The van der Waals surface area contributed by atoms with Crippen LogP contribution in [0.3, 0.4) is 0 Å². The normalized spacial score (nSPS) is 25.7. The zero-order chi connectivity index (χ0) is 24.7. The van der Waals surface area contributed by atoms with E-state index in [0.29, 0.717) is 19.6 Å². The van der Waals surface area contributed by atoms with Crippen LogP contribution in [0.25, 0.3) is 5.70 Å². The van der Waals surface area contributed by atoms with Crippen molar-refractivity contribution in [3.8, 4) is 0 Å². The van der Waals surface area contributed by atoms with Gasteiger partial charge in [0.2, 0.25) is 0 Å². The Morgan fingerprint density at radius 2 is 1.91 bits per heavy atom. The number of unbranched alkanes of at least 4 members (excludes halogenated alkanes) is 2. The fourth-order valence-electron chi connectivity index (χ4n) is 4.43. The minimum absolute atomic E-state index is 0.0861. The summed E-state index contributed by atoms with van der Waals surface area (Å²) in [5.41, 5.74) is 3.70. The quantitative estimate of drug-likeness (QED) is 0.281. The van der Waals surface area contributed by atoms with Crippen molar-refractivity contribution in [2.45, 2.75) is 59.7 Å². The lowest BCUT2D eigenvalue weighted by Gasteiger charge is -2.37. The zero-order valence-corrected chi connectivity index (χ0v) is 20.8. The van der Waals surface area contributed by atoms with Gasteiger partial charge in [0.15, 0.2) is 6.29 Å². The van der Waals surface area contributed by atoms with Gasteiger partial charge >= 0.3 is 0 Å². The van der Waals surface area contributed by atoms with Gasteiger partial charge in [-0.2, -0.15) is 0 Å². The van der Waals surface area contributed by atoms with E-state index in [1.165, 1.54) is 12.1 Å². The van der Waals surface area contributed by atoms with Gasteiger partial charge in [0.1, 0.15) is 11.6 Å². The molecule has 4 nitrogen and oxygen atoms in total. The molecule has 34 heavy (non-hydrogen) atoms. The Morgan fingerprint density at radius 1 is 1.24 bits per heavy atom. The Labute approximate surface area is 203 Å². The summed E-state index contributed by atoms with van der Waals surface area (Å²) in [5.74, 6) is -0.189. The molecule has 1 fully saturated rings. The highest BCUT2D eigenvalue weighted by molar-refractivity contribution is 6.03. The Bertz CT molecular complexity index is 1010. The Kier molecular flexibility index (Phi) is 8.92. The van der Waals surface area contributed by atoms with Crippen molar-refractivity contribution in [3.05, 3.63) is 77.7 Å². The highest BCUT2D eigenvalue weighted by Crippen LogP contribution is 2.40. The molecular formula is C29H36FNO3. The molecule has 0 N–H and O–H groups in total. The lowest BCUT2D eigenvalue weighted by molar-refractivity contribution is -0.196. The van der Waals surface area contributed by atoms with E-state index in [-0.39, 0.29) is 17.5 Å². The van der Waals surface area contributed by atoms with Crippen LogP contribution in [0.5, 0.6) is 0 Å². The monoisotopic (exact) mass is 465 g/mol. The molecule has 0 radical (unpaired) electrons. The van der Waals surface area contributed by atoms with Gasteiger partial charge in [-0.1, -0.05) is 57.6 Å². The van der Waals surface area contributed by atoms with E-state index in [9.17, 15) is 9.18 Å². The van der Waals surface area contributed by atoms with Gasteiger partial charge in [-0.25, -0.2) is 4.39 Å². The van der Waals surface area contributed by atoms with Crippen LogP contribution in [-0.2, 0) is 14.3 Å². The molecule has 2 aliphatic heterocycles. The second-order valence-electron chi connectivity index (χ2n) is 9.28. The smallest absolute Gasteiger partial charge is 0.197 e. The summed E-state index contributed by atoms with van der Waals surface area (Å²) in [4.78, 5) is 17.7. The highest BCUT2D eigenvalue weighted by atomic mass is 19.1. The number of ether oxygens (including phenoxy) is 2. The number of carbonyl (C=O) groups excluding carboxylic acids is 1. The summed E-state index contributed by atoms with van der Waals surface area (Å²) in [7, 11) is 0. The molecule has 1 atom stereocenters. The fraction of sp³-hybridized carbons (Fsp3) is 0.448. The van der Waals surface area contributed by atoms with E-state index in [1.54, 1.807) is 18.2 Å². The molecule has 5 heteroatoms. The molecule has 0 bridgehead atoms. The summed E-state index contributed by atoms with van der Waals surface area (Å²) in [6.07, 6.45) is 10.6. The van der Waals surface area contributed by atoms with Gasteiger partial charge < -0.3 is 9.47 Å². The van der Waals surface area contributed by atoms with Crippen molar-refractivity contribution in [1.82, 2.24) is 0 Å². The summed E-state index contributed by atoms with van der Waals surface area (Å²) < 4.78 is 25.8. The van der Waals surface area contributed by atoms with Crippen LogP contribution in [0.15, 0.2) is 71.3 Å². The second kappa shape index (κ2) is 11.7. The first-order valence-corrected chi connectivity index (χ1v) is 12.2. The van der Waals surface area contributed by atoms with Crippen molar-refractivity contribution >= 4 is 17.2 Å². The predicted octanol–water partition coefficient (Wildman–Crippen LogP) is 6.84. The van der Waals surface area contributed by atoms with Crippen LogP contribution in [0.2, 0.25) is 0 Å². The maximum Gasteiger partial charge on any atom is 0.197 e. The third kappa shape index (κ3) is 5.70. The van der Waals surface area contributed by atoms with Gasteiger partial charge in [0.05, 0.1) is 30.0 Å². The average Bonchev–Trinajstić information content (AvgIpc) is 3.17. The fourth-order valence-corrected chi connectivity index (χ4v) is 4.43. The van der Waals surface area contributed by atoms with E-state index >= 15 is 0 Å². The maximum absolute atomic E-state index is 13.6. The molecule has 3 rings (SSSR count). The molecule has 0 saturated carbocycles. The van der Waals surface area contributed by atoms with Gasteiger partial charge in [-0.15, -0.1) is 0 Å². The zero-order valence-electron chi connectivity index (χ0n) is 20.8. The summed E-state index contributed by atoms with van der Waals surface area (Å²) in [6, 6.07) is 6.35. The molecule has 182 valence electrons. The van der Waals surface area contributed by atoms with E-state index in [1.807, 2.05) is 32.1 Å². The SMILES string of the molecule is C=C/C=C(\C=C/C)C1=C(c2ccc(F)cc2)N=C(C2OCC(C)(C(=O)CCCCC)CO2)C1C. The van der Waals surface area contributed by atoms with E-state index in [2.05, 4.69) is 20.4 Å². The van der Waals surface area contributed by atoms with Crippen molar-refractivity contribution in [3.63, 3.8) is 0 Å². The molecule has 0 aliphatic carbocycles. The minimum atomic E-state index is -0.637. The average molecular weight is 466 g/mol. The predicted molar refractivity (Wildman–Crippen MR) is 136 cm³/mol. The molecule has 1 unspecified atom stereocenters. The molecular weight excluding hydrogens is 429 g/mol. The van der Waals surface area contributed by atoms with Crippen LogP contribution in [0.4, 0.5) is 4.39 Å². The number of halogens is 1. The van der Waals surface area contributed by atoms with E-state index < -0.39 is 11.7 Å². The molecule has 2 aliphatic rings. The number of ketones is 1. The van der Waals surface area contributed by atoms with Crippen molar-refractivity contribution in [2.24, 2.45) is 16.3 Å². The molecule has 1 aromatic rings. The van der Waals surface area contributed by atoms with Crippen molar-refractivity contribution in [1.29, 1.82) is 0 Å². The second-order valence-corrected chi connectivity index (χ2v) is 9.28. The first-order valence-electron chi connectivity index (χ1n) is 12.2.